The number of nitrogens with one attached hydrogen (secondary N) is 2. The van der Waals surface area contributed by atoms with Crippen molar-refractivity contribution in [3.05, 3.63) is 65.7 Å². The van der Waals surface area contributed by atoms with Crippen LogP contribution in [-0.2, 0) is 17.8 Å². The van der Waals surface area contributed by atoms with Crippen LogP contribution in [0.5, 0.6) is 0 Å². The molecule has 5 nitrogen and oxygen atoms in total. The summed E-state index contributed by atoms with van der Waals surface area (Å²) in [5.74, 6) is 0.207. The first-order valence-electron chi connectivity index (χ1n) is 9.58. The van der Waals surface area contributed by atoms with Crippen LogP contribution in [0.3, 0.4) is 0 Å². The number of urea groups is 1. The Morgan fingerprint density at radius 2 is 1.89 bits per heavy atom. The van der Waals surface area contributed by atoms with E-state index in [0.717, 1.165) is 37.1 Å². The summed E-state index contributed by atoms with van der Waals surface area (Å²) in [6.07, 6.45) is 3.39. The zero-order chi connectivity index (χ0) is 19.1. The lowest BCUT2D eigenvalue weighted by Crippen LogP contribution is -2.36. The highest BCUT2D eigenvalue weighted by molar-refractivity contribution is 5.89. The number of rotatable bonds is 7. The number of hydrogen-bond acceptors (Lipinski definition) is 2. The minimum atomic E-state index is -0.204. The smallest absolute Gasteiger partial charge is 0.319 e. The number of anilines is 1. The molecule has 0 aromatic heterocycles. The zero-order valence-corrected chi connectivity index (χ0v) is 15.8. The molecule has 2 aromatic carbocycles. The third-order valence-corrected chi connectivity index (χ3v) is 4.82. The maximum Gasteiger partial charge on any atom is 0.319 e. The molecule has 0 radical (unpaired) electrons. The monoisotopic (exact) mass is 365 g/mol. The highest BCUT2D eigenvalue weighted by atomic mass is 16.2. The van der Waals surface area contributed by atoms with E-state index in [1.807, 2.05) is 54.3 Å². The molecule has 2 aromatic rings. The molecule has 1 heterocycles. The largest absolute Gasteiger partial charge is 0.338 e. The number of hydrogen-bond donors (Lipinski definition) is 2. The van der Waals surface area contributed by atoms with Gasteiger partial charge in [-0.25, -0.2) is 4.79 Å². The van der Waals surface area contributed by atoms with Gasteiger partial charge in [0.2, 0.25) is 5.91 Å². The normalized spacial score (nSPS) is 14.9. The second-order valence-corrected chi connectivity index (χ2v) is 7.14. The molecule has 1 fully saturated rings. The summed E-state index contributed by atoms with van der Waals surface area (Å²) in [6, 6.07) is 17.8. The topological polar surface area (TPSA) is 61.4 Å². The summed E-state index contributed by atoms with van der Waals surface area (Å²) in [5, 5.41) is 5.88. The first-order valence-corrected chi connectivity index (χ1v) is 9.58. The van der Waals surface area contributed by atoms with E-state index in [0.29, 0.717) is 13.0 Å². The van der Waals surface area contributed by atoms with Crippen LogP contribution in [0.25, 0.3) is 0 Å². The van der Waals surface area contributed by atoms with Crippen molar-refractivity contribution in [2.24, 2.45) is 0 Å². The molecule has 0 aliphatic carbocycles. The molecule has 1 atom stereocenters. The molecule has 0 spiro atoms. The van der Waals surface area contributed by atoms with Crippen molar-refractivity contribution in [2.45, 2.75) is 45.2 Å². The number of benzene rings is 2. The van der Waals surface area contributed by atoms with Gasteiger partial charge in [-0.05, 0) is 49.4 Å². The molecule has 2 N–H and O–H groups in total. The van der Waals surface area contributed by atoms with Crippen molar-refractivity contribution in [1.29, 1.82) is 0 Å². The van der Waals surface area contributed by atoms with Gasteiger partial charge in [0, 0.05) is 31.2 Å². The van der Waals surface area contributed by atoms with Gasteiger partial charge < -0.3 is 15.5 Å². The quantitative estimate of drug-likeness (QED) is 0.780. The predicted octanol–water partition coefficient (Wildman–Crippen LogP) is 3.95. The van der Waals surface area contributed by atoms with Gasteiger partial charge in [0.05, 0.1) is 0 Å². The second-order valence-electron chi connectivity index (χ2n) is 7.14. The predicted molar refractivity (Wildman–Crippen MR) is 107 cm³/mol. The van der Waals surface area contributed by atoms with Crippen LogP contribution in [0.1, 0.15) is 37.3 Å². The Morgan fingerprint density at radius 3 is 2.63 bits per heavy atom. The van der Waals surface area contributed by atoms with Gasteiger partial charge in [-0.2, -0.15) is 0 Å². The fourth-order valence-electron chi connectivity index (χ4n) is 3.33. The first kappa shape index (κ1) is 19.0. The number of carbonyl (C=O) groups excluding carboxylic acids is 2. The maximum absolute atomic E-state index is 12.3. The number of amides is 3. The third kappa shape index (κ3) is 5.84. The summed E-state index contributed by atoms with van der Waals surface area (Å²) in [6.45, 7) is 3.43. The summed E-state index contributed by atoms with van der Waals surface area (Å²) in [7, 11) is 0. The van der Waals surface area contributed by atoms with Gasteiger partial charge >= 0.3 is 6.03 Å². The third-order valence-electron chi connectivity index (χ3n) is 4.82. The van der Waals surface area contributed by atoms with Gasteiger partial charge in [-0.3, -0.25) is 4.79 Å². The van der Waals surface area contributed by atoms with Gasteiger partial charge in [-0.15, -0.1) is 0 Å². The number of aryl methyl sites for hydroxylation is 1. The molecule has 27 heavy (non-hydrogen) atoms. The van der Waals surface area contributed by atoms with Crippen molar-refractivity contribution in [2.75, 3.05) is 11.9 Å². The fourth-order valence-corrected chi connectivity index (χ4v) is 3.33. The van der Waals surface area contributed by atoms with E-state index in [2.05, 4.69) is 22.8 Å². The summed E-state index contributed by atoms with van der Waals surface area (Å²) >= 11 is 0. The van der Waals surface area contributed by atoms with Crippen molar-refractivity contribution in [3.63, 3.8) is 0 Å². The number of likely N-dealkylation sites (tertiary alicyclic amines) is 1. The first-order chi connectivity index (χ1) is 13.1. The average Bonchev–Trinajstić information content (AvgIpc) is 3.06. The van der Waals surface area contributed by atoms with E-state index >= 15 is 0 Å². The van der Waals surface area contributed by atoms with Gasteiger partial charge in [0.15, 0.2) is 0 Å². The molecule has 1 saturated heterocycles. The van der Waals surface area contributed by atoms with Gasteiger partial charge in [-0.1, -0.05) is 42.5 Å². The Bertz CT molecular complexity index is 776. The standard InChI is InChI=1S/C22H27N3O2/c1-17(12-13-18-7-3-2-4-8-18)23-22(27)24-20-10-5-9-19(15-20)16-25-14-6-11-21(25)26/h2-5,7-10,15,17H,6,11-14,16H2,1H3,(H2,23,24,27)/t17-/m0/s1. The molecule has 5 heteroatoms. The number of nitrogens with zero attached hydrogens (tertiary/aromatic N) is 1. The SMILES string of the molecule is C[C@@H](CCc1ccccc1)NC(=O)Nc1cccc(CN2CCCC2=O)c1. The number of carbonyl (C=O) groups is 2. The fraction of sp³-hybridized carbons (Fsp3) is 0.364. The van der Waals surface area contributed by atoms with E-state index < -0.39 is 0 Å². The molecular weight excluding hydrogens is 338 g/mol. The summed E-state index contributed by atoms with van der Waals surface area (Å²) < 4.78 is 0. The van der Waals surface area contributed by atoms with E-state index in [9.17, 15) is 9.59 Å². The molecule has 0 bridgehead atoms. The molecule has 1 aliphatic rings. The molecule has 0 saturated carbocycles. The molecule has 142 valence electrons. The molecule has 3 amide bonds. The van der Waals surface area contributed by atoms with E-state index in [4.69, 9.17) is 0 Å². The Labute approximate surface area is 160 Å². The van der Waals surface area contributed by atoms with Crippen LogP contribution < -0.4 is 10.6 Å². The van der Waals surface area contributed by atoms with Crippen LogP contribution in [-0.4, -0.2) is 29.4 Å². The Kier molecular flexibility index (Phi) is 6.47. The highest BCUT2D eigenvalue weighted by Gasteiger charge is 2.20. The van der Waals surface area contributed by atoms with Crippen molar-refractivity contribution < 1.29 is 9.59 Å². The zero-order valence-electron chi connectivity index (χ0n) is 15.8. The highest BCUT2D eigenvalue weighted by Crippen LogP contribution is 2.17. The van der Waals surface area contributed by atoms with Crippen molar-refractivity contribution in [3.8, 4) is 0 Å². The van der Waals surface area contributed by atoms with Crippen LogP contribution in [0, 0.1) is 0 Å². The summed E-state index contributed by atoms with van der Waals surface area (Å²) in [4.78, 5) is 25.9. The van der Waals surface area contributed by atoms with E-state index in [1.54, 1.807) is 0 Å². The van der Waals surface area contributed by atoms with Crippen LogP contribution >= 0.6 is 0 Å². The van der Waals surface area contributed by atoms with Gasteiger partial charge in [0.25, 0.3) is 0 Å². The minimum Gasteiger partial charge on any atom is -0.338 e. The second kappa shape index (κ2) is 9.21. The average molecular weight is 365 g/mol. The lowest BCUT2D eigenvalue weighted by atomic mass is 10.1. The maximum atomic E-state index is 12.3. The van der Waals surface area contributed by atoms with Crippen LogP contribution in [0.15, 0.2) is 54.6 Å². The van der Waals surface area contributed by atoms with Crippen LogP contribution in [0.2, 0.25) is 0 Å². The van der Waals surface area contributed by atoms with Crippen molar-refractivity contribution >= 4 is 17.6 Å². The lowest BCUT2D eigenvalue weighted by Gasteiger charge is -2.17. The molecule has 3 rings (SSSR count). The molecule has 1 aliphatic heterocycles. The van der Waals surface area contributed by atoms with E-state index in [-0.39, 0.29) is 18.0 Å². The summed E-state index contributed by atoms with van der Waals surface area (Å²) in [5.41, 5.74) is 3.04. The van der Waals surface area contributed by atoms with Gasteiger partial charge in [0.1, 0.15) is 0 Å². The minimum absolute atomic E-state index is 0.0793. The lowest BCUT2D eigenvalue weighted by molar-refractivity contribution is -0.128. The molecular formula is C22H27N3O2. The Balaban J connectivity index is 1.47. The molecule has 0 unspecified atom stereocenters. The van der Waals surface area contributed by atoms with Crippen molar-refractivity contribution in [1.82, 2.24) is 10.2 Å². The van der Waals surface area contributed by atoms with Crippen LogP contribution in [0.4, 0.5) is 10.5 Å². The van der Waals surface area contributed by atoms with E-state index in [1.165, 1.54) is 5.56 Å². The Hall–Kier alpha value is -2.82. The Morgan fingerprint density at radius 1 is 1.11 bits per heavy atom.